The Morgan fingerprint density at radius 1 is 0.966 bits per heavy atom. The van der Waals surface area contributed by atoms with Gasteiger partial charge in [-0.1, -0.05) is 6.07 Å². The molecular weight excluding hydrogens is 366 g/mol. The summed E-state index contributed by atoms with van der Waals surface area (Å²) in [5.41, 5.74) is 2.50. The van der Waals surface area contributed by atoms with Gasteiger partial charge in [-0.3, -0.25) is 14.8 Å². The van der Waals surface area contributed by atoms with Crippen molar-refractivity contribution in [1.29, 1.82) is 0 Å². The molecule has 0 aliphatic carbocycles. The Morgan fingerprint density at radius 3 is 2.38 bits per heavy atom. The first-order valence-corrected chi connectivity index (χ1v) is 9.48. The number of aromatic nitrogens is 2. The molecule has 3 rings (SSSR count). The molecule has 0 unspecified atom stereocenters. The van der Waals surface area contributed by atoms with Gasteiger partial charge in [-0.15, -0.1) is 0 Å². The SMILES string of the molecule is COc1cc(C(=O)N(Cc2ccncc2)Cc2cccnc2)ccc1OC(C)C. The molecule has 29 heavy (non-hydrogen) atoms. The number of carbonyl (C=O) groups is 1. The standard InChI is InChI=1S/C23H25N3O3/c1-17(2)29-21-7-6-20(13-22(21)28-3)23(27)26(15-18-8-11-24-12-9-18)16-19-5-4-10-25-14-19/h4-14,17H,15-16H2,1-3H3. The van der Waals surface area contributed by atoms with E-state index in [2.05, 4.69) is 9.97 Å². The van der Waals surface area contributed by atoms with Gasteiger partial charge in [-0.25, -0.2) is 0 Å². The van der Waals surface area contributed by atoms with Crippen LogP contribution in [0.15, 0.2) is 67.3 Å². The van der Waals surface area contributed by atoms with Crippen LogP contribution < -0.4 is 9.47 Å². The van der Waals surface area contributed by atoms with E-state index in [0.717, 1.165) is 11.1 Å². The zero-order valence-electron chi connectivity index (χ0n) is 16.9. The quantitative estimate of drug-likeness (QED) is 0.578. The van der Waals surface area contributed by atoms with Gasteiger partial charge in [0.05, 0.1) is 13.2 Å². The van der Waals surface area contributed by atoms with Crippen LogP contribution in [0.4, 0.5) is 0 Å². The molecule has 0 radical (unpaired) electrons. The summed E-state index contributed by atoms with van der Waals surface area (Å²) in [6.45, 7) is 4.80. The zero-order chi connectivity index (χ0) is 20.6. The van der Waals surface area contributed by atoms with E-state index in [-0.39, 0.29) is 12.0 Å². The van der Waals surface area contributed by atoms with Crippen LogP contribution in [0.25, 0.3) is 0 Å². The van der Waals surface area contributed by atoms with Crippen molar-refractivity contribution in [2.45, 2.75) is 33.0 Å². The second-order valence-electron chi connectivity index (χ2n) is 6.91. The number of hydrogen-bond acceptors (Lipinski definition) is 5. The fourth-order valence-corrected chi connectivity index (χ4v) is 2.95. The van der Waals surface area contributed by atoms with Crippen molar-refractivity contribution >= 4 is 5.91 Å². The van der Waals surface area contributed by atoms with Gasteiger partial charge in [0.1, 0.15) is 0 Å². The minimum atomic E-state index is -0.0972. The first-order valence-electron chi connectivity index (χ1n) is 9.48. The van der Waals surface area contributed by atoms with Crippen LogP contribution in [0.5, 0.6) is 11.5 Å². The van der Waals surface area contributed by atoms with E-state index in [1.54, 1.807) is 55.0 Å². The molecule has 2 aromatic heterocycles. The Labute approximate surface area is 171 Å². The molecule has 1 aromatic carbocycles. The average Bonchev–Trinajstić information content (AvgIpc) is 2.74. The number of ether oxygens (including phenoxy) is 2. The van der Waals surface area contributed by atoms with Gasteiger partial charge < -0.3 is 14.4 Å². The normalized spacial score (nSPS) is 10.6. The Balaban J connectivity index is 1.89. The molecule has 2 heterocycles. The van der Waals surface area contributed by atoms with Crippen molar-refractivity contribution in [2.75, 3.05) is 7.11 Å². The van der Waals surface area contributed by atoms with Gasteiger partial charge in [0.2, 0.25) is 0 Å². The largest absolute Gasteiger partial charge is 0.493 e. The summed E-state index contributed by atoms with van der Waals surface area (Å²) in [7, 11) is 1.57. The van der Waals surface area contributed by atoms with Gasteiger partial charge in [0, 0.05) is 43.4 Å². The molecule has 0 saturated carbocycles. The van der Waals surface area contributed by atoms with Gasteiger partial charge in [0.15, 0.2) is 11.5 Å². The molecule has 6 nitrogen and oxygen atoms in total. The van der Waals surface area contributed by atoms with E-state index >= 15 is 0 Å². The number of pyridine rings is 2. The second-order valence-corrected chi connectivity index (χ2v) is 6.91. The third kappa shape index (κ3) is 5.54. The fraction of sp³-hybridized carbons (Fsp3) is 0.261. The van der Waals surface area contributed by atoms with Crippen LogP contribution in [0.2, 0.25) is 0 Å². The monoisotopic (exact) mass is 391 g/mol. The lowest BCUT2D eigenvalue weighted by Gasteiger charge is -2.23. The van der Waals surface area contributed by atoms with E-state index in [4.69, 9.17) is 9.47 Å². The molecule has 0 aliphatic heterocycles. The number of nitrogens with zero attached hydrogens (tertiary/aromatic N) is 3. The van der Waals surface area contributed by atoms with Crippen LogP contribution in [-0.2, 0) is 13.1 Å². The Bertz CT molecular complexity index is 889. The highest BCUT2D eigenvalue weighted by molar-refractivity contribution is 5.95. The Morgan fingerprint density at radius 2 is 1.72 bits per heavy atom. The summed E-state index contributed by atoms with van der Waals surface area (Å²) in [5, 5.41) is 0. The highest BCUT2D eigenvalue weighted by atomic mass is 16.5. The molecule has 0 aliphatic rings. The van der Waals surface area contributed by atoms with Crippen molar-refractivity contribution in [3.05, 3.63) is 83.9 Å². The predicted octanol–water partition coefficient (Wildman–Crippen LogP) is 4.12. The molecule has 3 aromatic rings. The van der Waals surface area contributed by atoms with Crippen LogP contribution in [0.1, 0.15) is 35.3 Å². The van der Waals surface area contributed by atoms with Crippen molar-refractivity contribution in [3.63, 3.8) is 0 Å². The summed E-state index contributed by atoms with van der Waals surface area (Å²) in [4.78, 5) is 23.3. The summed E-state index contributed by atoms with van der Waals surface area (Å²) >= 11 is 0. The van der Waals surface area contributed by atoms with Crippen LogP contribution in [0, 0.1) is 0 Å². The number of methoxy groups -OCH3 is 1. The molecule has 0 fully saturated rings. The highest BCUT2D eigenvalue weighted by Gasteiger charge is 2.19. The number of benzene rings is 1. The molecular formula is C23H25N3O3. The van der Waals surface area contributed by atoms with Crippen LogP contribution in [-0.4, -0.2) is 34.0 Å². The maximum absolute atomic E-state index is 13.3. The van der Waals surface area contributed by atoms with Crippen molar-refractivity contribution in [3.8, 4) is 11.5 Å². The van der Waals surface area contributed by atoms with Crippen LogP contribution in [0.3, 0.4) is 0 Å². The zero-order valence-corrected chi connectivity index (χ0v) is 16.9. The number of amides is 1. The van der Waals surface area contributed by atoms with E-state index in [1.807, 2.05) is 38.1 Å². The smallest absolute Gasteiger partial charge is 0.254 e. The maximum atomic E-state index is 13.3. The molecule has 0 saturated heterocycles. The van der Waals surface area contributed by atoms with E-state index in [9.17, 15) is 4.79 Å². The topological polar surface area (TPSA) is 64.5 Å². The second kappa shape index (κ2) is 9.68. The number of hydrogen-bond donors (Lipinski definition) is 0. The summed E-state index contributed by atoms with van der Waals surface area (Å²) in [6, 6.07) is 12.9. The predicted molar refractivity (Wildman–Crippen MR) is 111 cm³/mol. The summed E-state index contributed by atoms with van der Waals surface area (Å²) < 4.78 is 11.2. The van der Waals surface area contributed by atoms with E-state index in [1.165, 1.54) is 0 Å². The molecule has 6 heteroatoms. The lowest BCUT2D eigenvalue weighted by atomic mass is 10.1. The summed E-state index contributed by atoms with van der Waals surface area (Å²) in [6.07, 6.45) is 6.95. The Hall–Kier alpha value is -3.41. The molecule has 0 spiro atoms. The fourth-order valence-electron chi connectivity index (χ4n) is 2.95. The third-order valence-corrected chi connectivity index (χ3v) is 4.28. The van der Waals surface area contributed by atoms with E-state index in [0.29, 0.717) is 30.2 Å². The van der Waals surface area contributed by atoms with Gasteiger partial charge in [-0.05, 0) is 61.4 Å². The molecule has 0 atom stereocenters. The van der Waals surface area contributed by atoms with Gasteiger partial charge >= 0.3 is 0 Å². The van der Waals surface area contributed by atoms with Crippen LogP contribution >= 0.6 is 0 Å². The maximum Gasteiger partial charge on any atom is 0.254 e. The number of rotatable bonds is 8. The van der Waals surface area contributed by atoms with Gasteiger partial charge in [-0.2, -0.15) is 0 Å². The first kappa shape index (κ1) is 20.3. The molecule has 150 valence electrons. The molecule has 0 bridgehead atoms. The minimum Gasteiger partial charge on any atom is -0.493 e. The first-order chi connectivity index (χ1) is 14.1. The molecule has 1 amide bonds. The van der Waals surface area contributed by atoms with Crippen molar-refractivity contribution in [1.82, 2.24) is 14.9 Å². The minimum absolute atomic E-state index is 0.0132. The summed E-state index contributed by atoms with van der Waals surface area (Å²) in [5.74, 6) is 1.06. The average molecular weight is 391 g/mol. The lowest BCUT2D eigenvalue weighted by molar-refractivity contribution is 0.0729. The third-order valence-electron chi connectivity index (χ3n) is 4.28. The van der Waals surface area contributed by atoms with E-state index < -0.39 is 0 Å². The van der Waals surface area contributed by atoms with Crippen molar-refractivity contribution < 1.29 is 14.3 Å². The Kier molecular flexibility index (Phi) is 6.79. The lowest BCUT2D eigenvalue weighted by Crippen LogP contribution is -2.30. The molecule has 0 N–H and O–H groups in total. The van der Waals surface area contributed by atoms with Crippen molar-refractivity contribution in [2.24, 2.45) is 0 Å². The highest BCUT2D eigenvalue weighted by Crippen LogP contribution is 2.30. The number of carbonyl (C=O) groups excluding carboxylic acids is 1. The van der Waals surface area contributed by atoms with Gasteiger partial charge in [0.25, 0.3) is 5.91 Å².